The number of hydrogen-bond donors (Lipinski definition) is 0. The summed E-state index contributed by atoms with van der Waals surface area (Å²) in [4.78, 5) is 44.4. The van der Waals surface area contributed by atoms with E-state index >= 15 is 0 Å². The summed E-state index contributed by atoms with van der Waals surface area (Å²) in [5.41, 5.74) is 0.0286. The molecule has 4 amide bonds. The molecule has 2 aliphatic rings. The monoisotopic (exact) mass is 437 g/mol. The van der Waals surface area contributed by atoms with Crippen LogP contribution in [0.15, 0.2) is 36.4 Å². The van der Waals surface area contributed by atoms with Crippen LogP contribution in [0.4, 0.5) is 15.3 Å². The van der Waals surface area contributed by atoms with Crippen LogP contribution < -0.4 is 4.90 Å². The standard InChI is InChI=1S/C25H31N3O4/c1-6-27-22(30)28(20-12-11-18-9-7-8-10-19(18)17(20)2)21(29)25(27)13-15-26(16-14-25)23(31)32-24(3,4)5/h7-12H,6,13-16H2,1-5H3. The molecule has 7 heteroatoms. The Kier molecular flexibility index (Phi) is 5.39. The number of piperidine rings is 1. The Balaban J connectivity index is 1.64. The Morgan fingerprint density at radius 1 is 1.06 bits per heavy atom. The molecule has 2 aromatic rings. The second-order valence-electron chi connectivity index (χ2n) is 9.60. The number of fused-ring (bicyclic) bond motifs is 1. The second kappa shape index (κ2) is 7.80. The first-order chi connectivity index (χ1) is 15.1. The summed E-state index contributed by atoms with van der Waals surface area (Å²) in [5, 5.41) is 2.09. The SMILES string of the molecule is CCN1C(=O)N(c2ccc3ccccc3c2C)C(=O)C12CCN(C(=O)OC(C)(C)C)CC2. The maximum Gasteiger partial charge on any atom is 0.410 e. The second-order valence-corrected chi connectivity index (χ2v) is 9.60. The van der Waals surface area contributed by atoms with Crippen LogP contribution in [0, 0.1) is 6.92 Å². The fourth-order valence-corrected chi connectivity index (χ4v) is 4.89. The summed E-state index contributed by atoms with van der Waals surface area (Å²) in [6, 6.07) is 11.5. The van der Waals surface area contributed by atoms with E-state index in [0.29, 0.717) is 38.2 Å². The van der Waals surface area contributed by atoms with Crippen molar-refractivity contribution in [2.75, 3.05) is 24.5 Å². The van der Waals surface area contributed by atoms with Gasteiger partial charge >= 0.3 is 12.1 Å². The molecular formula is C25H31N3O4. The Hall–Kier alpha value is -3.09. The topological polar surface area (TPSA) is 70.2 Å². The molecule has 2 fully saturated rings. The molecule has 170 valence electrons. The fourth-order valence-electron chi connectivity index (χ4n) is 4.89. The smallest absolute Gasteiger partial charge is 0.410 e. The number of likely N-dealkylation sites (tertiary alicyclic amines) is 1. The van der Waals surface area contributed by atoms with Crippen LogP contribution in [0.3, 0.4) is 0 Å². The Labute approximate surface area is 188 Å². The number of ether oxygens (including phenoxy) is 1. The number of nitrogens with zero attached hydrogens (tertiary/aromatic N) is 3. The van der Waals surface area contributed by atoms with Crippen molar-refractivity contribution < 1.29 is 19.1 Å². The van der Waals surface area contributed by atoms with Crippen molar-refractivity contribution in [3.05, 3.63) is 42.0 Å². The number of amides is 4. The summed E-state index contributed by atoms with van der Waals surface area (Å²) in [6.07, 6.45) is 0.413. The summed E-state index contributed by atoms with van der Waals surface area (Å²) >= 11 is 0. The lowest BCUT2D eigenvalue weighted by Crippen LogP contribution is -2.57. The molecule has 0 aromatic heterocycles. The van der Waals surface area contributed by atoms with E-state index in [9.17, 15) is 14.4 Å². The summed E-state index contributed by atoms with van der Waals surface area (Å²) in [5.74, 6) is -0.202. The first-order valence-corrected chi connectivity index (χ1v) is 11.2. The zero-order chi connectivity index (χ0) is 23.3. The quantitative estimate of drug-likeness (QED) is 0.638. The molecule has 7 nitrogen and oxygen atoms in total. The van der Waals surface area contributed by atoms with Gasteiger partial charge in [0.2, 0.25) is 0 Å². The van der Waals surface area contributed by atoms with Crippen molar-refractivity contribution in [3.8, 4) is 0 Å². The number of urea groups is 1. The molecule has 0 saturated carbocycles. The molecule has 0 aliphatic carbocycles. The van der Waals surface area contributed by atoms with Gasteiger partial charge in [0, 0.05) is 19.6 Å². The number of benzene rings is 2. The van der Waals surface area contributed by atoms with Crippen molar-refractivity contribution in [1.29, 1.82) is 0 Å². The van der Waals surface area contributed by atoms with Gasteiger partial charge in [0.05, 0.1) is 5.69 Å². The number of carbonyl (C=O) groups is 3. The number of anilines is 1. The van der Waals surface area contributed by atoms with E-state index in [-0.39, 0.29) is 18.0 Å². The molecule has 2 heterocycles. The molecule has 0 unspecified atom stereocenters. The van der Waals surface area contributed by atoms with E-state index < -0.39 is 11.1 Å². The molecule has 2 aromatic carbocycles. The van der Waals surface area contributed by atoms with Gasteiger partial charge in [-0.05, 0) is 69.9 Å². The van der Waals surface area contributed by atoms with Crippen LogP contribution in [0.2, 0.25) is 0 Å². The zero-order valence-electron chi connectivity index (χ0n) is 19.5. The predicted octanol–water partition coefficient (Wildman–Crippen LogP) is 4.71. The summed E-state index contributed by atoms with van der Waals surface area (Å²) in [6.45, 7) is 10.5. The van der Waals surface area contributed by atoms with E-state index in [0.717, 1.165) is 16.3 Å². The van der Waals surface area contributed by atoms with E-state index in [1.54, 1.807) is 9.80 Å². The minimum Gasteiger partial charge on any atom is -0.444 e. The fraction of sp³-hybridized carbons (Fsp3) is 0.480. The van der Waals surface area contributed by atoms with Gasteiger partial charge in [-0.2, -0.15) is 0 Å². The largest absolute Gasteiger partial charge is 0.444 e. The van der Waals surface area contributed by atoms with Gasteiger partial charge in [0.15, 0.2) is 0 Å². The normalized spacial score (nSPS) is 18.7. The molecule has 2 aliphatic heterocycles. The Morgan fingerprint density at radius 3 is 2.34 bits per heavy atom. The third-order valence-corrected chi connectivity index (χ3v) is 6.51. The molecule has 0 radical (unpaired) electrons. The van der Waals surface area contributed by atoms with Crippen LogP contribution in [-0.4, -0.2) is 58.6 Å². The highest BCUT2D eigenvalue weighted by Crippen LogP contribution is 2.41. The van der Waals surface area contributed by atoms with Gasteiger partial charge in [0.1, 0.15) is 11.1 Å². The Morgan fingerprint density at radius 2 is 1.72 bits per heavy atom. The highest BCUT2D eigenvalue weighted by molar-refractivity contribution is 6.24. The first kappa shape index (κ1) is 22.1. The van der Waals surface area contributed by atoms with Gasteiger partial charge in [-0.15, -0.1) is 0 Å². The van der Waals surface area contributed by atoms with E-state index in [1.807, 2.05) is 71.0 Å². The maximum absolute atomic E-state index is 13.8. The van der Waals surface area contributed by atoms with E-state index in [4.69, 9.17) is 4.74 Å². The highest BCUT2D eigenvalue weighted by atomic mass is 16.6. The molecule has 0 N–H and O–H groups in total. The third kappa shape index (κ3) is 3.49. The van der Waals surface area contributed by atoms with Crippen molar-refractivity contribution in [3.63, 3.8) is 0 Å². The average molecular weight is 438 g/mol. The van der Waals surface area contributed by atoms with Gasteiger partial charge in [-0.1, -0.05) is 30.3 Å². The van der Waals surface area contributed by atoms with Crippen LogP contribution in [-0.2, 0) is 9.53 Å². The number of imide groups is 1. The summed E-state index contributed by atoms with van der Waals surface area (Å²) in [7, 11) is 0. The van der Waals surface area contributed by atoms with E-state index in [2.05, 4.69) is 0 Å². The van der Waals surface area contributed by atoms with Crippen LogP contribution in [0.5, 0.6) is 0 Å². The lowest BCUT2D eigenvalue weighted by Gasteiger charge is -2.41. The number of aryl methyl sites for hydroxylation is 1. The minimum absolute atomic E-state index is 0.202. The third-order valence-electron chi connectivity index (χ3n) is 6.51. The Bertz CT molecular complexity index is 1080. The molecular weight excluding hydrogens is 406 g/mol. The lowest BCUT2D eigenvalue weighted by atomic mass is 9.85. The number of hydrogen-bond acceptors (Lipinski definition) is 4. The molecule has 2 saturated heterocycles. The van der Waals surface area contributed by atoms with Gasteiger partial charge < -0.3 is 14.5 Å². The molecule has 0 atom stereocenters. The van der Waals surface area contributed by atoms with Crippen molar-refractivity contribution in [1.82, 2.24) is 9.80 Å². The number of rotatable bonds is 2. The molecule has 4 rings (SSSR count). The molecule has 32 heavy (non-hydrogen) atoms. The van der Waals surface area contributed by atoms with Gasteiger partial charge in [-0.25, -0.2) is 14.5 Å². The van der Waals surface area contributed by atoms with E-state index in [1.165, 1.54) is 4.90 Å². The van der Waals surface area contributed by atoms with Gasteiger partial charge in [0.25, 0.3) is 5.91 Å². The first-order valence-electron chi connectivity index (χ1n) is 11.2. The van der Waals surface area contributed by atoms with Crippen LogP contribution in [0.1, 0.15) is 46.1 Å². The predicted molar refractivity (Wildman–Crippen MR) is 124 cm³/mol. The van der Waals surface area contributed by atoms with Crippen LogP contribution in [0.25, 0.3) is 10.8 Å². The number of carbonyl (C=O) groups excluding carboxylic acids is 3. The van der Waals surface area contributed by atoms with Crippen molar-refractivity contribution in [2.45, 2.75) is 58.6 Å². The highest BCUT2D eigenvalue weighted by Gasteiger charge is 2.58. The zero-order valence-corrected chi connectivity index (χ0v) is 19.5. The molecule has 0 bridgehead atoms. The lowest BCUT2D eigenvalue weighted by molar-refractivity contribution is -0.127. The average Bonchev–Trinajstić information content (AvgIpc) is 2.94. The summed E-state index contributed by atoms with van der Waals surface area (Å²) < 4.78 is 5.49. The van der Waals surface area contributed by atoms with Crippen LogP contribution >= 0.6 is 0 Å². The minimum atomic E-state index is -0.928. The number of likely N-dealkylation sites (N-methyl/N-ethyl adjacent to an activating group) is 1. The maximum atomic E-state index is 13.8. The molecule has 1 spiro atoms. The van der Waals surface area contributed by atoms with Gasteiger partial charge in [-0.3, -0.25) is 4.79 Å². The van der Waals surface area contributed by atoms with Crippen molar-refractivity contribution >= 4 is 34.5 Å². The van der Waals surface area contributed by atoms with Crippen molar-refractivity contribution in [2.24, 2.45) is 0 Å².